The number of thiazole rings is 1. The Balaban J connectivity index is 2.60. The predicted octanol–water partition coefficient (Wildman–Crippen LogP) is 4.43. The number of carbonyl (C=O) groups excluding carboxylic acids is 1. The van der Waals surface area contributed by atoms with Crippen LogP contribution in [0.1, 0.15) is 26.3 Å². The smallest absolute Gasteiger partial charge is 0.430 e. The van der Waals surface area contributed by atoms with Crippen LogP contribution in [0.3, 0.4) is 0 Å². The lowest BCUT2D eigenvalue weighted by atomic mass is 10.2. The standard InChI is InChI=1S/C15H14F4N2O4S2/c1-14(2,3)25-13(22)21(12-7-26-8-20-12)27(23,24)9-4-5-11(16)10(6-9)15(17,18)19/h4-8H,1-3H3. The first kappa shape index (κ1) is 21.1. The molecule has 0 spiro atoms. The molecule has 1 amide bonds. The maximum absolute atomic E-state index is 13.5. The lowest BCUT2D eigenvalue weighted by molar-refractivity contribution is -0.140. The molecule has 27 heavy (non-hydrogen) atoms. The number of sulfonamides is 1. The fraction of sp³-hybridized carbons (Fsp3) is 0.333. The third-order valence-corrected chi connectivity index (χ3v) is 5.21. The Morgan fingerprint density at radius 2 is 1.85 bits per heavy atom. The van der Waals surface area contributed by atoms with Crippen LogP contribution in [-0.4, -0.2) is 25.1 Å². The largest absolute Gasteiger partial charge is 0.443 e. The highest BCUT2D eigenvalue weighted by atomic mass is 32.2. The van der Waals surface area contributed by atoms with Gasteiger partial charge in [-0.25, -0.2) is 22.6 Å². The molecule has 0 saturated carbocycles. The summed E-state index contributed by atoms with van der Waals surface area (Å²) in [6, 6.07) is 1.11. The van der Waals surface area contributed by atoms with E-state index in [-0.39, 0.29) is 16.2 Å². The van der Waals surface area contributed by atoms with Crippen LogP contribution in [0.5, 0.6) is 0 Å². The minimum atomic E-state index is -5.12. The third-order valence-electron chi connectivity index (χ3n) is 2.97. The zero-order valence-electron chi connectivity index (χ0n) is 14.2. The first-order valence-electron chi connectivity index (χ1n) is 7.27. The third kappa shape index (κ3) is 4.75. The molecular formula is C15H14F4N2O4S2. The number of alkyl halides is 3. The van der Waals surface area contributed by atoms with Crippen LogP contribution in [0.15, 0.2) is 34.0 Å². The zero-order valence-corrected chi connectivity index (χ0v) is 15.9. The van der Waals surface area contributed by atoms with Gasteiger partial charge < -0.3 is 4.74 Å². The van der Waals surface area contributed by atoms with E-state index < -0.39 is 44.2 Å². The van der Waals surface area contributed by atoms with Crippen molar-refractivity contribution in [3.63, 3.8) is 0 Å². The van der Waals surface area contributed by atoms with Gasteiger partial charge in [0.1, 0.15) is 11.4 Å². The lowest BCUT2D eigenvalue weighted by Gasteiger charge is -2.25. The lowest BCUT2D eigenvalue weighted by Crippen LogP contribution is -2.41. The van der Waals surface area contributed by atoms with Crippen molar-refractivity contribution in [2.24, 2.45) is 0 Å². The summed E-state index contributed by atoms with van der Waals surface area (Å²) in [5.41, 5.74) is -1.62. The van der Waals surface area contributed by atoms with Gasteiger partial charge in [0, 0.05) is 5.38 Å². The van der Waals surface area contributed by atoms with E-state index in [1.807, 2.05) is 0 Å². The van der Waals surface area contributed by atoms with Crippen molar-refractivity contribution in [2.75, 3.05) is 4.31 Å². The normalized spacial score (nSPS) is 12.7. The summed E-state index contributed by atoms with van der Waals surface area (Å²) in [4.78, 5) is 15.2. The predicted molar refractivity (Wildman–Crippen MR) is 89.4 cm³/mol. The SMILES string of the molecule is CC(C)(C)OC(=O)N(c1cscn1)S(=O)(=O)c1ccc(F)c(C(F)(F)F)c1. The van der Waals surface area contributed by atoms with E-state index >= 15 is 0 Å². The van der Waals surface area contributed by atoms with Crippen molar-refractivity contribution in [1.29, 1.82) is 0 Å². The number of ether oxygens (including phenoxy) is 1. The van der Waals surface area contributed by atoms with Crippen LogP contribution in [-0.2, 0) is 20.9 Å². The summed E-state index contributed by atoms with van der Waals surface area (Å²) >= 11 is 0.959. The second-order valence-electron chi connectivity index (χ2n) is 6.24. The van der Waals surface area contributed by atoms with Gasteiger partial charge in [0.25, 0.3) is 10.0 Å². The molecule has 0 aliphatic rings. The molecule has 0 saturated heterocycles. The average Bonchev–Trinajstić information content (AvgIpc) is 2.97. The molecule has 0 aliphatic heterocycles. The minimum absolute atomic E-state index is 0.119. The van der Waals surface area contributed by atoms with Gasteiger partial charge in [0.05, 0.1) is 16.0 Å². The molecule has 12 heteroatoms. The van der Waals surface area contributed by atoms with E-state index in [0.29, 0.717) is 12.1 Å². The maximum atomic E-state index is 13.5. The monoisotopic (exact) mass is 426 g/mol. The number of hydrogen-bond donors (Lipinski definition) is 0. The molecule has 0 atom stereocenters. The van der Waals surface area contributed by atoms with Gasteiger partial charge in [-0.1, -0.05) is 0 Å². The van der Waals surface area contributed by atoms with Crippen LogP contribution in [0.4, 0.5) is 28.2 Å². The Morgan fingerprint density at radius 1 is 1.22 bits per heavy atom. The van der Waals surface area contributed by atoms with Gasteiger partial charge in [-0.3, -0.25) is 0 Å². The molecule has 2 rings (SSSR count). The quantitative estimate of drug-likeness (QED) is 0.679. The number of carbonyl (C=O) groups is 1. The van der Waals surface area contributed by atoms with Crippen LogP contribution >= 0.6 is 11.3 Å². The molecule has 1 aromatic heterocycles. The second kappa shape index (κ2) is 7.08. The zero-order chi connectivity index (χ0) is 20.6. The molecule has 0 bridgehead atoms. The van der Waals surface area contributed by atoms with Crippen LogP contribution < -0.4 is 4.31 Å². The van der Waals surface area contributed by atoms with Crippen molar-refractivity contribution in [2.45, 2.75) is 37.4 Å². The Labute approximate surface area is 156 Å². The highest BCUT2D eigenvalue weighted by molar-refractivity contribution is 7.93. The van der Waals surface area contributed by atoms with Gasteiger partial charge in [-0.05, 0) is 39.0 Å². The highest BCUT2D eigenvalue weighted by Crippen LogP contribution is 2.34. The molecule has 0 radical (unpaired) electrons. The summed E-state index contributed by atoms with van der Waals surface area (Å²) in [6.07, 6.45) is -6.47. The van der Waals surface area contributed by atoms with Crippen LogP contribution in [0, 0.1) is 5.82 Å². The molecule has 1 aromatic carbocycles. The van der Waals surface area contributed by atoms with E-state index in [0.717, 1.165) is 11.3 Å². The molecule has 0 fully saturated rings. The topological polar surface area (TPSA) is 76.6 Å². The minimum Gasteiger partial charge on any atom is -0.443 e. The number of anilines is 1. The highest BCUT2D eigenvalue weighted by Gasteiger charge is 2.39. The first-order chi connectivity index (χ1) is 12.2. The molecule has 0 aliphatic carbocycles. The van der Waals surface area contributed by atoms with Crippen molar-refractivity contribution in [1.82, 2.24) is 4.98 Å². The fourth-order valence-corrected chi connectivity index (χ4v) is 3.79. The van der Waals surface area contributed by atoms with Gasteiger partial charge in [-0.2, -0.15) is 13.2 Å². The molecule has 0 N–H and O–H groups in total. The summed E-state index contributed by atoms with van der Waals surface area (Å²) in [7, 11) is -4.86. The summed E-state index contributed by atoms with van der Waals surface area (Å²) in [6.45, 7) is 4.45. The number of benzene rings is 1. The van der Waals surface area contributed by atoms with Crippen molar-refractivity contribution < 1.29 is 35.5 Å². The molecule has 6 nitrogen and oxygen atoms in total. The van der Waals surface area contributed by atoms with E-state index in [9.17, 15) is 30.8 Å². The van der Waals surface area contributed by atoms with Gasteiger partial charge in [-0.15, -0.1) is 15.6 Å². The molecule has 2 aromatic rings. The number of hydrogen-bond acceptors (Lipinski definition) is 6. The number of amides is 1. The number of aromatic nitrogens is 1. The molecule has 1 heterocycles. The first-order valence-corrected chi connectivity index (χ1v) is 9.65. The number of rotatable bonds is 3. The molecule has 148 valence electrons. The van der Waals surface area contributed by atoms with E-state index in [1.165, 1.54) is 31.7 Å². The fourth-order valence-electron chi connectivity index (χ4n) is 1.91. The summed E-state index contributed by atoms with van der Waals surface area (Å²) in [5.74, 6) is -1.99. The van der Waals surface area contributed by atoms with Gasteiger partial charge >= 0.3 is 12.3 Å². The molecule has 0 unspecified atom stereocenters. The van der Waals surface area contributed by atoms with E-state index in [4.69, 9.17) is 4.74 Å². The summed E-state index contributed by atoms with van der Waals surface area (Å²) < 4.78 is 83.1. The van der Waals surface area contributed by atoms with Crippen LogP contribution in [0.2, 0.25) is 0 Å². The Hall–Kier alpha value is -2.21. The van der Waals surface area contributed by atoms with Crippen molar-refractivity contribution in [3.8, 4) is 0 Å². The number of halogens is 4. The Bertz CT molecular complexity index is 936. The van der Waals surface area contributed by atoms with Crippen LogP contribution in [0.25, 0.3) is 0 Å². The van der Waals surface area contributed by atoms with Crippen molar-refractivity contribution >= 4 is 33.3 Å². The number of nitrogens with zero attached hydrogens (tertiary/aromatic N) is 2. The molecular weight excluding hydrogens is 412 g/mol. The van der Waals surface area contributed by atoms with E-state index in [1.54, 1.807) is 0 Å². The van der Waals surface area contributed by atoms with Gasteiger partial charge in [0.2, 0.25) is 0 Å². The Kier molecular flexibility index (Phi) is 5.53. The van der Waals surface area contributed by atoms with E-state index in [2.05, 4.69) is 4.98 Å². The second-order valence-corrected chi connectivity index (χ2v) is 8.74. The summed E-state index contributed by atoms with van der Waals surface area (Å²) in [5, 5.41) is 1.20. The average molecular weight is 426 g/mol. The Morgan fingerprint density at radius 3 is 2.33 bits per heavy atom. The van der Waals surface area contributed by atoms with Crippen molar-refractivity contribution in [3.05, 3.63) is 40.5 Å². The van der Waals surface area contributed by atoms with Gasteiger partial charge in [0.15, 0.2) is 5.82 Å². The maximum Gasteiger partial charge on any atom is 0.430 e.